The van der Waals surface area contributed by atoms with Crippen LogP contribution in [0.25, 0.3) is 11.3 Å². The summed E-state index contributed by atoms with van der Waals surface area (Å²) in [5, 5.41) is 3.24. The maximum atomic E-state index is 5.93. The zero-order chi connectivity index (χ0) is 14.9. The number of hydrogen-bond donors (Lipinski definition) is 1. The molecule has 3 rings (SSSR count). The van der Waals surface area contributed by atoms with Crippen molar-refractivity contribution in [2.45, 2.75) is 38.2 Å². The first-order valence-corrected chi connectivity index (χ1v) is 8.38. The van der Waals surface area contributed by atoms with E-state index in [1.165, 1.54) is 12.8 Å². The maximum Gasteiger partial charge on any atom is 0.125 e. The molecule has 0 amide bonds. The van der Waals surface area contributed by atoms with Gasteiger partial charge in [-0.05, 0) is 37.3 Å². The highest BCUT2D eigenvalue weighted by Gasteiger charge is 2.39. The lowest BCUT2D eigenvalue weighted by atomic mass is 9.79. The van der Waals surface area contributed by atoms with E-state index in [-0.39, 0.29) is 5.60 Å². The normalized spacial score (nSPS) is 25.9. The fraction of sp³-hybridized carbons (Fsp3) is 0.471. The molecule has 1 fully saturated rings. The van der Waals surface area contributed by atoms with Crippen LogP contribution in [0.15, 0.2) is 29.6 Å². The van der Waals surface area contributed by atoms with E-state index in [1.807, 2.05) is 31.4 Å². The van der Waals surface area contributed by atoms with Gasteiger partial charge in [-0.25, -0.2) is 4.98 Å². The number of nitrogen functional groups attached to an aromatic ring is 1. The van der Waals surface area contributed by atoms with E-state index in [1.54, 1.807) is 11.3 Å². The summed E-state index contributed by atoms with van der Waals surface area (Å²) in [6.07, 6.45) is 4.65. The van der Waals surface area contributed by atoms with Gasteiger partial charge in [-0.2, -0.15) is 0 Å². The monoisotopic (exact) mass is 302 g/mol. The van der Waals surface area contributed by atoms with Gasteiger partial charge in [0.25, 0.3) is 0 Å². The zero-order valence-corrected chi connectivity index (χ0v) is 13.5. The second-order valence-electron chi connectivity index (χ2n) is 6.06. The highest BCUT2D eigenvalue weighted by Crippen LogP contribution is 2.44. The van der Waals surface area contributed by atoms with Gasteiger partial charge in [0.05, 0.1) is 5.69 Å². The third kappa shape index (κ3) is 2.83. The predicted octanol–water partition coefficient (Wildman–Crippen LogP) is 4.44. The lowest BCUT2D eigenvalue weighted by Crippen LogP contribution is -2.34. The molecular formula is C17H22N2OS. The Labute approximate surface area is 130 Å². The standard InChI is InChI=1S/C17H22N2OS/c1-12-4-3-9-17(10-12,20-2)16-19-15(11-21-16)13-5-7-14(18)8-6-13/h5-8,11-12H,3-4,9-10,18H2,1-2H3. The highest BCUT2D eigenvalue weighted by atomic mass is 32.1. The van der Waals surface area contributed by atoms with Crippen molar-refractivity contribution < 1.29 is 4.74 Å². The second-order valence-corrected chi connectivity index (χ2v) is 6.92. The van der Waals surface area contributed by atoms with E-state index in [0.29, 0.717) is 5.92 Å². The number of nitrogens with zero attached hydrogens (tertiary/aromatic N) is 1. The van der Waals surface area contributed by atoms with Crippen molar-refractivity contribution in [1.82, 2.24) is 4.98 Å². The molecule has 0 radical (unpaired) electrons. The van der Waals surface area contributed by atoms with E-state index in [4.69, 9.17) is 15.5 Å². The second kappa shape index (κ2) is 5.78. The smallest absolute Gasteiger partial charge is 0.125 e. The Kier molecular flexibility index (Phi) is 4.00. The van der Waals surface area contributed by atoms with Crippen molar-refractivity contribution in [3.05, 3.63) is 34.7 Å². The van der Waals surface area contributed by atoms with Gasteiger partial charge < -0.3 is 10.5 Å². The molecule has 0 saturated heterocycles. The molecule has 0 spiro atoms. The van der Waals surface area contributed by atoms with Gasteiger partial charge in [-0.1, -0.05) is 25.5 Å². The number of nitrogens with two attached hydrogens (primary N) is 1. The average molecular weight is 302 g/mol. The van der Waals surface area contributed by atoms with Crippen molar-refractivity contribution in [2.24, 2.45) is 5.92 Å². The number of methoxy groups -OCH3 is 1. The van der Waals surface area contributed by atoms with Gasteiger partial charge in [0, 0.05) is 23.7 Å². The summed E-state index contributed by atoms with van der Waals surface area (Å²) in [7, 11) is 1.82. The molecule has 2 atom stereocenters. The number of benzene rings is 1. The van der Waals surface area contributed by atoms with Crippen LogP contribution in [-0.2, 0) is 10.3 Å². The van der Waals surface area contributed by atoms with E-state index >= 15 is 0 Å². The first-order chi connectivity index (χ1) is 10.1. The van der Waals surface area contributed by atoms with Crippen LogP contribution in [0.4, 0.5) is 5.69 Å². The van der Waals surface area contributed by atoms with Crippen LogP contribution < -0.4 is 5.73 Å². The summed E-state index contributed by atoms with van der Waals surface area (Å²) in [6.45, 7) is 2.31. The minimum atomic E-state index is -0.186. The summed E-state index contributed by atoms with van der Waals surface area (Å²) in [5.41, 5.74) is 8.47. The predicted molar refractivity (Wildman–Crippen MR) is 88.3 cm³/mol. The first kappa shape index (κ1) is 14.5. The average Bonchev–Trinajstić information content (AvgIpc) is 2.98. The van der Waals surface area contributed by atoms with E-state index < -0.39 is 0 Å². The van der Waals surface area contributed by atoms with Gasteiger partial charge in [0.2, 0.25) is 0 Å². The number of aromatic nitrogens is 1. The molecule has 3 nitrogen and oxygen atoms in total. The largest absolute Gasteiger partial charge is 0.399 e. The van der Waals surface area contributed by atoms with Gasteiger partial charge >= 0.3 is 0 Å². The van der Waals surface area contributed by atoms with Gasteiger partial charge in [-0.3, -0.25) is 0 Å². The summed E-state index contributed by atoms with van der Waals surface area (Å²) < 4.78 is 5.93. The van der Waals surface area contributed by atoms with Gasteiger partial charge in [0.1, 0.15) is 10.6 Å². The van der Waals surface area contributed by atoms with Crippen molar-refractivity contribution in [3.63, 3.8) is 0 Å². The molecule has 1 heterocycles. The van der Waals surface area contributed by atoms with E-state index in [0.717, 1.165) is 34.8 Å². The molecule has 112 valence electrons. The maximum absolute atomic E-state index is 5.93. The van der Waals surface area contributed by atoms with Crippen LogP contribution in [0.2, 0.25) is 0 Å². The molecule has 1 aliphatic rings. The molecule has 1 saturated carbocycles. The Morgan fingerprint density at radius 3 is 2.76 bits per heavy atom. The lowest BCUT2D eigenvalue weighted by Gasteiger charge is -2.37. The highest BCUT2D eigenvalue weighted by molar-refractivity contribution is 7.10. The molecular weight excluding hydrogens is 280 g/mol. The Morgan fingerprint density at radius 2 is 2.10 bits per heavy atom. The van der Waals surface area contributed by atoms with Gasteiger partial charge in [0.15, 0.2) is 0 Å². The zero-order valence-electron chi connectivity index (χ0n) is 12.6. The number of ether oxygens (including phenoxy) is 1. The van der Waals surface area contributed by atoms with Crippen LogP contribution in [0.3, 0.4) is 0 Å². The minimum Gasteiger partial charge on any atom is -0.399 e. The molecule has 1 aromatic carbocycles. The fourth-order valence-corrected chi connectivity index (χ4v) is 4.29. The van der Waals surface area contributed by atoms with Crippen LogP contribution in [0, 0.1) is 5.92 Å². The van der Waals surface area contributed by atoms with Crippen LogP contribution in [-0.4, -0.2) is 12.1 Å². The van der Waals surface area contributed by atoms with E-state index in [2.05, 4.69) is 12.3 Å². The van der Waals surface area contributed by atoms with Gasteiger partial charge in [-0.15, -0.1) is 11.3 Å². The number of hydrogen-bond acceptors (Lipinski definition) is 4. The molecule has 21 heavy (non-hydrogen) atoms. The summed E-state index contributed by atoms with van der Waals surface area (Å²) in [6, 6.07) is 7.89. The quantitative estimate of drug-likeness (QED) is 0.852. The van der Waals surface area contributed by atoms with Crippen LogP contribution in [0.1, 0.15) is 37.6 Å². The van der Waals surface area contributed by atoms with Crippen molar-refractivity contribution in [2.75, 3.05) is 12.8 Å². The molecule has 0 aliphatic heterocycles. The SMILES string of the molecule is COC1(c2nc(-c3ccc(N)cc3)cs2)CCCC(C)C1. The Morgan fingerprint density at radius 1 is 1.33 bits per heavy atom. The molecule has 1 aliphatic carbocycles. The molecule has 2 unspecified atom stereocenters. The first-order valence-electron chi connectivity index (χ1n) is 7.50. The molecule has 1 aromatic heterocycles. The Bertz CT molecular complexity index is 608. The van der Waals surface area contributed by atoms with E-state index in [9.17, 15) is 0 Å². The molecule has 2 aromatic rings. The number of rotatable bonds is 3. The number of anilines is 1. The third-order valence-electron chi connectivity index (χ3n) is 4.45. The Hall–Kier alpha value is -1.39. The van der Waals surface area contributed by atoms with Crippen molar-refractivity contribution in [3.8, 4) is 11.3 Å². The number of thiazole rings is 1. The third-order valence-corrected chi connectivity index (χ3v) is 5.47. The minimum absolute atomic E-state index is 0.186. The van der Waals surface area contributed by atoms with Crippen LogP contribution in [0.5, 0.6) is 0 Å². The molecule has 4 heteroatoms. The molecule has 2 N–H and O–H groups in total. The fourth-order valence-electron chi connectivity index (χ4n) is 3.24. The van der Waals surface area contributed by atoms with Crippen molar-refractivity contribution >= 4 is 17.0 Å². The lowest BCUT2D eigenvalue weighted by molar-refractivity contribution is -0.0579. The summed E-state index contributed by atoms with van der Waals surface area (Å²) in [5.74, 6) is 0.697. The topological polar surface area (TPSA) is 48.1 Å². The molecule has 0 bridgehead atoms. The summed E-state index contributed by atoms with van der Waals surface area (Å²) >= 11 is 1.71. The summed E-state index contributed by atoms with van der Waals surface area (Å²) in [4.78, 5) is 4.86. The Balaban J connectivity index is 1.91. The van der Waals surface area contributed by atoms with Crippen molar-refractivity contribution in [1.29, 1.82) is 0 Å². The van der Waals surface area contributed by atoms with Crippen LogP contribution >= 0.6 is 11.3 Å².